The van der Waals surface area contributed by atoms with Gasteiger partial charge in [0, 0.05) is 65.0 Å². The van der Waals surface area contributed by atoms with Crippen LogP contribution in [0.2, 0.25) is 0 Å². The Morgan fingerprint density at radius 2 is 1.79 bits per heavy atom. The number of carbonyl (C=O) groups is 3. The molecular formula is C30H41N5O7S. The Morgan fingerprint density at radius 1 is 1.12 bits per heavy atom. The van der Waals surface area contributed by atoms with Crippen LogP contribution in [0.4, 0.5) is 0 Å². The molecule has 1 aromatic heterocycles. The van der Waals surface area contributed by atoms with E-state index in [1.165, 1.54) is 35.5 Å². The van der Waals surface area contributed by atoms with E-state index in [4.69, 9.17) is 14.6 Å². The maximum absolute atomic E-state index is 13.1. The lowest BCUT2D eigenvalue weighted by Crippen LogP contribution is -2.49. The number of benzene rings is 1. The highest BCUT2D eigenvalue weighted by molar-refractivity contribution is 7.89. The van der Waals surface area contributed by atoms with Gasteiger partial charge in [-0.1, -0.05) is 6.92 Å². The lowest BCUT2D eigenvalue weighted by Gasteiger charge is -2.36. The lowest BCUT2D eigenvalue weighted by molar-refractivity contribution is -0.129. The van der Waals surface area contributed by atoms with Crippen molar-refractivity contribution >= 4 is 27.8 Å². The van der Waals surface area contributed by atoms with Crippen molar-refractivity contribution in [3.05, 3.63) is 46.8 Å². The van der Waals surface area contributed by atoms with Crippen molar-refractivity contribution in [1.29, 1.82) is 0 Å². The van der Waals surface area contributed by atoms with E-state index in [0.717, 1.165) is 30.5 Å². The minimum Gasteiger partial charge on any atom is -0.462 e. The smallest absolute Gasteiger partial charge is 0.338 e. The van der Waals surface area contributed by atoms with Crippen molar-refractivity contribution in [2.75, 3.05) is 52.5 Å². The molecule has 4 heterocycles. The van der Waals surface area contributed by atoms with Gasteiger partial charge < -0.3 is 19.7 Å². The maximum atomic E-state index is 13.1. The fourth-order valence-electron chi connectivity index (χ4n) is 6.17. The summed E-state index contributed by atoms with van der Waals surface area (Å²) < 4.78 is 40.5. The molecule has 0 unspecified atom stereocenters. The van der Waals surface area contributed by atoms with Gasteiger partial charge in [-0.25, -0.2) is 13.2 Å². The maximum Gasteiger partial charge on any atom is 0.338 e. The average Bonchev–Trinajstić information content (AvgIpc) is 3.28. The molecule has 0 aliphatic carbocycles. The lowest BCUT2D eigenvalue weighted by atomic mass is 9.75. The van der Waals surface area contributed by atoms with Crippen LogP contribution >= 0.6 is 0 Å². The Kier molecular flexibility index (Phi) is 9.23. The molecule has 43 heavy (non-hydrogen) atoms. The number of carbonyl (C=O) groups excluding carboxylic acids is 3. The third-order valence-electron chi connectivity index (χ3n) is 8.83. The second-order valence-electron chi connectivity index (χ2n) is 11.9. The van der Waals surface area contributed by atoms with Crippen molar-refractivity contribution in [3.8, 4) is 0 Å². The van der Waals surface area contributed by atoms with E-state index in [2.05, 4.69) is 5.32 Å². The minimum absolute atomic E-state index is 0.0479. The fourth-order valence-corrected chi connectivity index (χ4v) is 7.60. The number of amides is 2. The molecular weight excluding hydrogens is 574 g/mol. The molecule has 2 aromatic rings. The quantitative estimate of drug-likeness (QED) is 0.444. The molecule has 3 aliphatic heterocycles. The summed E-state index contributed by atoms with van der Waals surface area (Å²) in [6, 6.07) is 5.74. The summed E-state index contributed by atoms with van der Waals surface area (Å²) in [6.07, 6.45) is 3.07. The summed E-state index contributed by atoms with van der Waals surface area (Å²) in [5, 5.41) is 7.91. The van der Waals surface area contributed by atoms with Gasteiger partial charge >= 0.3 is 5.97 Å². The van der Waals surface area contributed by atoms with Gasteiger partial charge in [0.15, 0.2) is 0 Å². The first-order valence-corrected chi connectivity index (χ1v) is 16.4. The monoisotopic (exact) mass is 615 g/mol. The van der Waals surface area contributed by atoms with E-state index < -0.39 is 16.0 Å². The Hall–Kier alpha value is -3.29. The van der Waals surface area contributed by atoms with Gasteiger partial charge in [0.2, 0.25) is 15.9 Å². The van der Waals surface area contributed by atoms with E-state index in [1.807, 2.05) is 13.8 Å². The van der Waals surface area contributed by atoms with Crippen molar-refractivity contribution in [3.63, 3.8) is 0 Å². The van der Waals surface area contributed by atoms with E-state index >= 15 is 0 Å². The molecule has 234 valence electrons. The highest BCUT2D eigenvalue weighted by atomic mass is 32.2. The molecule has 0 radical (unpaired) electrons. The molecule has 2 amide bonds. The number of fused-ring (bicyclic) bond motifs is 1. The highest BCUT2D eigenvalue weighted by Crippen LogP contribution is 2.38. The summed E-state index contributed by atoms with van der Waals surface area (Å²) >= 11 is 0. The van der Waals surface area contributed by atoms with Crippen LogP contribution in [0.3, 0.4) is 0 Å². The van der Waals surface area contributed by atoms with Crippen LogP contribution in [-0.2, 0) is 43.7 Å². The van der Waals surface area contributed by atoms with Crippen molar-refractivity contribution < 1.29 is 32.3 Å². The number of hydrogen-bond donors (Lipinski definition) is 1. The zero-order valence-electron chi connectivity index (χ0n) is 25.1. The van der Waals surface area contributed by atoms with Crippen molar-refractivity contribution in [2.45, 2.75) is 57.9 Å². The number of piperazine rings is 1. The summed E-state index contributed by atoms with van der Waals surface area (Å²) in [5.74, 6) is -0.764. The van der Waals surface area contributed by atoms with E-state index in [0.29, 0.717) is 51.5 Å². The van der Waals surface area contributed by atoms with E-state index in [1.54, 1.807) is 9.58 Å². The normalized spacial score (nSPS) is 19.8. The molecule has 0 bridgehead atoms. The summed E-state index contributed by atoms with van der Waals surface area (Å²) in [7, 11) is -3.74. The standard InChI is InChI=1S/C30H41N5O7S/c1-4-35-27-25(18-30(20-31-28(27)37)9-15-41-16-10-30)26(32-35)17-21(2)19-42-29(38)23-5-7-24(8-6-23)43(39,40)34-13-11-33(12-14-34)22(3)36/h5-8,21H,4,9-20H2,1-3H3,(H,31,37)/t21-/m1/s1. The van der Waals surface area contributed by atoms with Crippen LogP contribution < -0.4 is 5.32 Å². The van der Waals surface area contributed by atoms with Crippen LogP contribution in [0.1, 0.15) is 65.7 Å². The predicted octanol–water partition coefficient (Wildman–Crippen LogP) is 1.87. The number of esters is 1. The fraction of sp³-hybridized carbons (Fsp3) is 0.600. The first-order valence-electron chi connectivity index (χ1n) is 15.0. The van der Waals surface area contributed by atoms with Gasteiger partial charge in [0.25, 0.3) is 5.91 Å². The molecule has 3 aliphatic rings. The second kappa shape index (κ2) is 12.7. The zero-order valence-corrected chi connectivity index (χ0v) is 26.0. The summed E-state index contributed by atoms with van der Waals surface area (Å²) in [6.45, 7) is 9.28. The number of ether oxygens (including phenoxy) is 2. The molecule has 1 spiro atoms. The molecule has 2 fully saturated rings. The predicted molar refractivity (Wildman–Crippen MR) is 157 cm³/mol. The SMILES string of the molecule is CCn1nc(C[C@@H](C)COC(=O)c2ccc(S(=O)(=O)N3CCN(C(C)=O)CC3)cc2)c2c1C(=O)NCC1(CCOCC1)C2. The molecule has 1 N–H and O–H groups in total. The van der Waals surface area contributed by atoms with E-state index in [-0.39, 0.29) is 53.3 Å². The first kappa shape index (κ1) is 31.1. The number of aryl methyl sites for hydroxylation is 1. The van der Waals surface area contributed by atoms with Gasteiger partial charge in [-0.15, -0.1) is 0 Å². The van der Waals surface area contributed by atoms with Crippen LogP contribution in [0.25, 0.3) is 0 Å². The van der Waals surface area contributed by atoms with Crippen LogP contribution in [0, 0.1) is 11.3 Å². The number of rotatable bonds is 8. The average molecular weight is 616 g/mol. The third kappa shape index (κ3) is 6.63. The van der Waals surface area contributed by atoms with Gasteiger partial charge in [0.05, 0.1) is 22.8 Å². The number of aromatic nitrogens is 2. The molecule has 2 saturated heterocycles. The van der Waals surface area contributed by atoms with Gasteiger partial charge in [0.1, 0.15) is 5.69 Å². The minimum atomic E-state index is -3.74. The van der Waals surface area contributed by atoms with E-state index in [9.17, 15) is 22.8 Å². The van der Waals surface area contributed by atoms with Crippen LogP contribution in [-0.4, -0.2) is 97.7 Å². The number of hydrogen-bond acceptors (Lipinski definition) is 8. The Morgan fingerprint density at radius 3 is 2.42 bits per heavy atom. The largest absolute Gasteiger partial charge is 0.462 e. The zero-order chi connectivity index (χ0) is 30.8. The number of sulfonamides is 1. The molecule has 0 saturated carbocycles. The molecule has 13 heteroatoms. The molecule has 12 nitrogen and oxygen atoms in total. The third-order valence-corrected chi connectivity index (χ3v) is 10.7. The van der Waals surface area contributed by atoms with Gasteiger partial charge in [-0.3, -0.25) is 14.3 Å². The first-order chi connectivity index (χ1) is 20.5. The van der Waals surface area contributed by atoms with Crippen molar-refractivity contribution in [1.82, 2.24) is 24.3 Å². The van der Waals surface area contributed by atoms with Crippen LogP contribution in [0.5, 0.6) is 0 Å². The Labute approximate surface area is 252 Å². The Bertz CT molecular complexity index is 1460. The van der Waals surface area contributed by atoms with Gasteiger partial charge in [-0.2, -0.15) is 9.40 Å². The topological polar surface area (TPSA) is 140 Å². The highest BCUT2D eigenvalue weighted by Gasteiger charge is 2.40. The van der Waals surface area contributed by atoms with Crippen LogP contribution in [0.15, 0.2) is 29.2 Å². The molecule has 1 atom stereocenters. The molecule has 5 rings (SSSR count). The Balaban J connectivity index is 1.21. The van der Waals surface area contributed by atoms with Gasteiger partial charge in [-0.05, 0) is 68.2 Å². The summed E-state index contributed by atoms with van der Waals surface area (Å²) in [4.78, 5) is 39.2. The number of nitrogens with zero attached hydrogens (tertiary/aromatic N) is 4. The van der Waals surface area contributed by atoms with Crippen molar-refractivity contribution in [2.24, 2.45) is 11.3 Å². The molecule has 1 aromatic carbocycles. The summed E-state index contributed by atoms with van der Waals surface area (Å²) in [5.41, 5.74) is 2.68. The number of nitrogens with one attached hydrogen (secondary N) is 1. The second-order valence-corrected chi connectivity index (χ2v) is 13.8.